The Morgan fingerprint density at radius 2 is 2.10 bits per heavy atom. The predicted molar refractivity (Wildman–Crippen MR) is 76.8 cm³/mol. The van der Waals surface area contributed by atoms with Crippen molar-refractivity contribution in [3.8, 4) is 0 Å². The molecule has 1 unspecified atom stereocenters. The lowest BCUT2D eigenvalue weighted by atomic mass is 10.0. The summed E-state index contributed by atoms with van der Waals surface area (Å²) >= 11 is 0. The van der Waals surface area contributed by atoms with Crippen LogP contribution in [0.3, 0.4) is 0 Å². The Morgan fingerprint density at radius 1 is 1.35 bits per heavy atom. The van der Waals surface area contributed by atoms with Gasteiger partial charge in [-0.05, 0) is 19.4 Å². The fourth-order valence-electron chi connectivity index (χ4n) is 2.34. The normalized spacial score (nSPS) is 20.8. The van der Waals surface area contributed by atoms with Crippen LogP contribution in [0.1, 0.15) is 25.7 Å². The Kier molecular flexibility index (Phi) is 7.42. The first-order valence-electron chi connectivity index (χ1n) is 6.98. The molecule has 1 atom stereocenters. The molecule has 0 spiro atoms. The Hall–Kier alpha value is -0.700. The van der Waals surface area contributed by atoms with Crippen LogP contribution >= 0.6 is 0 Å². The molecule has 1 heterocycles. The fourth-order valence-corrected chi connectivity index (χ4v) is 2.81. The third kappa shape index (κ3) is 7.18. The van der Waals surface area contributed by atoms with E-state index in [1.54, 1.807) is 0 Å². The van der Waals surface area contributed by atoms with E-state index in [9.17, 15) is 18.3 Å². The van der Waals surface area contributed by atoms with Crippen molar-refractivity contribution in [3.05, 3.63) is 0 Å². The molecular weight excluding hydrogens is 282 g/mol. The van der Waals surface area contributed by atoms with Crippen LogP contribution in [-0.4, -0.2) is 69.4 Å². The predicted octanol–water partition coefficient (Wildman–Crippen LogP) is -1.11. The van der Waals surface area contributed by atoms with E-state index in [-0.39, 0.29) is 31.5 Å². The highest BCUT2D eigenvalue weighted by molar-refractivity contribution is 7.88. The summed E-state index contributed by atoms with van der Waals surface area (Å²) in [5, 5.41) is 12.0. The minimum atomic E-state index is -3.23. The first-order chi connectivity index (χ1) is 9.42. The molecule has 1 fully saturated rings. The smallest absolute Gasteiger partial charge is 0.221 e. The van der Waals surface area contributed by atoms with Crippen LogP contribution in [0.2, 0.25) is 0 Å². The number of aliphatic hydroxyl groups excluding tert-OH is 1. The number of rotatable bonds is 8. The van der Waals surface area contributed by atoms with E-state index in [4.69, 9.17) is 0 Å². The Morgan fingerprint density at radius 3 is 2.75 bits per heavy atom. The molecule has 1 aliphatic rings. The van der Waals surface area contributed by atoms with Crippen molar-refractivity contribution in [2.75, 3.05) is 39.0 Å². The number of carbonyl (C=O) groups is 1. The van der Waals surface area contributed by atoms with Gasteiger partial charge in [-0.1, -0.05) is 6.42 Å². The van der Waals surface area contributed by atoms with Crippen molar-refractivity contribution in [2.45, 2.75) is 31.7 Å². The highest BCUT2D eigenvalue weighted by atomic mass is 32.2. The number of nitrogens with one attached hydrogen (secondary N) is 2. The van der Waals surface area contributed by atoms with E-state index in [1.807, 2.05) is 0 Å². The van der Waals surface area contributed by atoms with Crippen LogP contribution in [0.15, 0.2) is 0 Å². The van der Waals surface area contributed by atoms with E-state index in [0.717, 1.165) is 38.6 Å². The molecule has 0 aromatic rings. The largest absolute Gasteiger partial charge is 0.395 e. The number of sulfonamides is 1. The third-order valence-corrected chi connectivity index (χ3v) is 4.13. The van der Waals surface area contributed by atoms with E-state index in [1.165, 1.54) is 0 Å². The second-order valence-corrected chi connectivity index (χ2v) is 6.97. The summed E-state index contributed by atoms with van der Waals surface area (Å²) in [6.45, 7) is 2.47. The molecule has 1 amide bonds. The van der Waals surface area contributed by atoms with Gasteiger partial charge in [0.05, 0.1) is 12.9 Å². The molecule has 0 bridgehead atoms. The standard InChI is InChI=1S/C12H25N3O4S/c1-20(18,19)14-6-5-12(17)13-7-9-15-8-3-2-4-11(15)10-16/h11,14,16H,2-10H2,1H3,(H,13,17). The summed E-state index contributed by atoms with van der Waals surface area (Å²) in [4.78, 5) is 13.7. The zero-order valence-corrected chi connectivity index (χ0v) is 12.8. The van der Waals surface area contributed by atoms with Crippen molar-refractivity contribution in [1.29, 1.82) is 0 Å². The summed E-state index contributed by atoms with van der Waals surface area (Å²) in [7, 11) is -3.23. The minimum Gasteiger partial charge on any atom is -0.395 e. The van der Waals surface area contributed by atoms with Gasteiger partial charge in [0.25, 0.3) is 0 Å². The van der Waals surface area contributed by atoms with Crippen LogP contribution in [0, 0.1) is 0 Å². The van der Waals surface area contributed by atoms with E-state index < -0.39 is 10.0 Å². The quantitative estimate of drug-likeness (QED) is 0.528. The summed E-state index contributed by atoms with van der Waals surface area (Å²) < 4.78 is 23.9. The van der Waals surface area contributed by atoms with Crippen LogP contribution in [-0.2, 0) is 14.8 Å². The van der Waals surface area contributed by atoms with Gasteiger partial charge >= 0.3 is 0 Å². The highest BCUT2D eigenvalue weighted by Crippen LogP contribution is 2.15. The third-order valence-electron chi connectivity index (χ3n) is 3.40. The molecule has 3 N–H and O–H groups in total. The number of amides is 1. The summed E-state index contributed by atoms with van der Waals surface area (Å²) in [5.41, 5.74) is 0. The molecule has 1 saturated heterocycles. The number of nitrogens with zero attached hydrogens (tertiary/aromatic N) is 1. The van der Waals surface area contributed by atoms with Gasteiger partial charge in [0.1, 0.15) is 0 Å². The zero-order valence-electron chi connectivity index (χ0n) is 12.0. The second kappa shape index (κ2) is 8.56. The second-order valence-electron chi connectivity index (χ2n) is 5.13. The zero-order chi connectivity index (χ0) is 15.0. The molecule has 118 valence electrons. The molecule has 0 aromatic heterocycles. The first-order valence-corrected chi connectivity index (χ1v) is 8.88. The lowest BCUT2D eigenvalue weighted by Gasteiger charge is -2.34. The average Bonchev–Trinajstić information content (AvgIpc) is 2.38. The number of hydrogen-bond acceptors (Lipinski definition) is 5. The molecule has 0 aliphatic carbocycles. The van der Waals surface area contributed by atoms with Gasteiger partial charge < -0.3 is 10.4 Å². The number of hydrogen-bond donors (Lipinski definition) is 3. The molecule has 0 aromatic carbocycles. The number of aliphatic hydroxyl groups is 1. The summed E-state index contributed by atoms with van der Waals surface area (Å²) in [6, 6.07) is 0.201. The maximum Gasteiger partial charge on any atom is 0.221 e. The minimum absolute atomic E-state index is 0.119. The maximum absolute atomic E-state index is 11.5. The van der Waals surface area contributed by atoms with Crippen molar-refractivity contribution >= 4 is 15.9 Å². The molecule has 7 nitrogen and oxygen atoms in total. The van der Waals surface area contributed by atoms with Crippen molar-refractivity contribution in [2.24, 2.45) is 0 Å². The topological polar surface area (TPSA) is 98.7 Å². The fraction of sp³-hybridized carbons (Fsp3) is 0.917. The van der Waals surface area contributed by atoms with Crippen molar-refractivity contribution in [3.63, 3.8) is 0 Å². The maximum atomic E-state index is 11.5. The Balaban J connectivity index is 2.14. The van der Waals surface area contributed by atoms with Gasteiger partial charge in [0, 0.05) is 32.1 Å². The van der Waals surface area contributed by atoms with Crippen LogP contribution in [0.5, 0.6) is 0 Å². The molecule has 1 aliphatic heterocycles. The Bertz CT molecular complexity index is 400. The van der Waals surface area contributed by atoms with Crippen molar-refractivity contribution in [1.82, 2.24) is 14.9 Å². The number of piperidine rings is 1. The SMILES string of the molecule is CS(=O)(=O)NCCC(=O)NCCN1CCCCC1CO. The summed E-state index contributed by atoms with van der Waals surface area (Å²) in [6.07, 6.45) is 4.48. The average molecular weight is 307 g/mol. The highest BCUT2D eigenvalue weighted by Gasteiger charge is 2.20. The molecule has 0 radical (unpaired) electrons. The van der Waals surface area contributed by atoms with Gasteiger partial charge in [0.15, 0.2) is 0 Å². The first kappa shape index (κ1) is 17.4. The van der Waals surface area contributed by atoms with Gasteiger partial charge in [-0.3, -0.25) is 9.69 Å². The van der Waals surface area contributed by atoms with E-state index in [0.29, 0.717) is 6.54 Å². The monoisotopic (exact) mass is 307 g/mol. The van der Waals surface area contributed by atoms with E-state index >= 15 is 0 Å². The van der Waals surface area contributed by atoms with Crippen LogP contribution in [0.25, 0.3) is 0 Å². The van der Waals surface area contributed by atoms with Gasteiger partial charge in [-0.15, -0.1) is 0 Å². The van der Waals surface area contributed by atoms with Crippen LogP contribution < -0.4 is 10.0 Å². The lowest BCUT2D eigenvalue weighted by molar-refractivity contribution is -0.121. The van der Waals surface area contributed by atoms with E-state index in [2.05, 4.69) is 14.9 Å². The Labute approximate surface area is 120 Å². The van der Waals surface area contributed by atoms with Gasteiger partial charge in [-0.25, -0.2) is 13.1 Å². The number of carbonyl (C=O) groups excluding carboxylic acids is 1. The lowest BCUT2D eigenvalue weighted by Crippen LogP contribution is -2.45. The molecular formula is C12H25N3O4S. The van der Waals surface area contributed by atoms with Crippen LogP contribution in [0.4, 0.5) is 0 Å². The van der Waals surface area contributed by atoms with Crippen molar-refractivity contribution < 1.29 is 18.3 Å². The van der Waals surface area contributed by atoms with Gasteiger partial charge in [-0.2, -0.15) is 0 Å². The molecule has 1 rings (SSSR count). The number of likely N-dealkylation sites (tertiary alicyclic amines) is 1. The summed E-state index contributed by atoms with van der Waals surface area (Å²) in [5.74, 6) is -0.168. The molecule has 20 heavy (non-hydrogen) atoms. The molecule has 8 heteroatoms. The van der Waals surface area contributed by atoms with Gasteiger partial charge in [0.2, 0.25) is 15.9 Å². The molecule has 0 saturated carbocycles.